The highest BCUT2D eigenvalue weighted by Crippen LogP contribution is 2.29. The molecule has 0 amide bonds. The fraction of sp³-hybridized carbons (Fsp3) is 0.909. The molecule has 2 fully saturated rings. The molecule has 0 aliphatic carbocycles. The fourth-order valence-electron chi connectivity index (χ4n) is 2.80. The zero-order chi connectivity index (χ0) is 11.6. The lowest BCUT2D eigenvalue weighted by molar-refractivity contribution is 0.0693. The number of hydrogen-bond acceptors (Lipinski definition) is 4. The molecule has 2 aliphatic heterocycles. The summed E-state index contributed by atoms with van der Waals surface area (Å²) < 4.78 is 0. The molecule has 2 rings (SSSR count). The van der Waals surface area contributed by atoms with Crippen LogP contribution in [-0.2, 0) is 0 Å². The Morgan fingerprint density at radius 3 is 2.25 bits per heavy atom. The van der Waals surface area contributed by atoms with Gasteiger partial charge in [-0.25, -0.2) is 0 Å². The van der Waals surface area contributed by atoms with Crippen molar-refractivity contribution in [3.8, 4) is 0 Å². The molecule has 0 aromatic heterocycles. The van der Waals surface area contributed by atoms with Crippen LogP contribution >= 0.6 is 12.2 Å². The summed E-state index contributed by atoms with van der Waals surface area (Å²) in [6.07, 6.45) is 2.16. The van der Waals surface area contributed by atoms with E-state index >= 15 is 0 Å². The molecular weight excluding hydrogens is 220 g/mol. The van der Waals surface area contributed by atoms with Gasteiger partial charge in [0.05, 0.1) is 10.5 Å². The third-order valence-electron chi connectivity index (χ3n) is 4.00. The van der Waals surface area contributed by atoms with Gasteiger partial charge < -0.3 is 16.0 Å². The molecule has 4 nitrogen and oxygen atoms in total. The molecule has 0 unspecified atom stereocenters. The Morgan fingerprint density at radius 1 is 1.19 bits per heavy atom. The number of nitrogens with zero attached hydrogens (tertiary/aromatic N) is 2. The summed E-state index contributed by atoms with van der Waals surface area (Å²) >= 11 is 5.34. The Kier molecular flexibility index (Phi) is 3.79. The molecule has 0 aromatic carbocycles. The predicted octanol–water partition coefficient (Wildman–Crippen LogP) is -0.358. The number of nitrogens with two attached hydrogens (primary N) is 1. The summed E-state index contributed by atoms with van der Waals surface area (Å²) in [7, 11) is 2.17. The molecule has 0 radical (unpaired) electrons. The number of nitrogens with one attached hydrogen (secondary N) is 1. The monoisotopic (exact) mass is 242 g/mol. The maximum absolute atomic E-state index is 6.03. The zero-order valence-electron chi connectivity index (χ0n) is 10.0. The highest BCUT2D eigenvalue weighted by Gasteiger charge is 2.41. The summed E-state index contributed by atoms with van der Waals surface area (Å²) in [4.78, 5) is 5.56. The summed E-state index contributed by atoms with van der Waals surface area (Å²) in [5, 5.41) is 3.38. The van der Waals surface area contributed by atoms with E-state index in [0.29, 0.717) is 4.99 Å². The second-order valence-electron chi connectivity index (χ2n) is 4.94. The Morgan fingerprint density at radius 2 is 1.75 bits per heavy atom. The third kappa shape index (κ3) is 2.22. The molecule has 92 valence electrons. The van der Waals surface area contributed by atoms with Crippen LogP contribution in [0.2, 0.25) is 0 Å². The highest BCUT2D eigenvalue weighted by atomic mass is 32.1. The number of hydrogen-bond donors (Lipinski definition) is 2. The standard InChI is InChI=1S/C11H22N4S/c1-14-6-2-11(3-7-14,10(12)16)15-8-4-13-5-9-15/h13H,2-9H2,1H3,(H2,12,16). The van der Waals surface area contributed by atoms with E-state index in [1.165, 1.54) is 0 Å². The zero-order valence-corrected chi connectivity index (χ0v) is 10.9. The molecule has 0 atom stereocenters. The van der Waals surface area contributed by atoms with Gasteiger partial charge in [-0.1, -0.05) is 12.2 Å². The van der Waals surface area contributed by atoms with Gasteiger partial charge in [0.2, 0.25) is 0 Å². The van der Waals surface area contributed by atoms with Crippen molar-refractivity contribution in [2.24, 2.45) is 5.73 Å². The molecule has 2 saturated heterocycles. The van der Waals surface area contributed by atoms with Crippen molar-refractivity contribution in [3.05, 3.63) is 0 Å². The lowest BCUT2D eigenvalue weighted by Crippen LogP contribution is -2.64. The minimum atomic E-state index is -0.00998. The molecule has 3 N–H and O–H groups in total. The van der Waals surface area contributed by atoms with Gasteiger partial charge in [0.25, 0.3) is 0 Å². The van der Waals surface area contributed by atoms with Crippen LogP contribution in [0.25, 0.3) is 0 Å². The first-order valence-electron chi connectivity index (χ1n) is 6.09. The fourth-order valence-corrected chi connectivity index (χ4v) is 3.13. The van der Waals surface area contributed by atoms with Gasteiger partial charge in [0.1, 0.15) is 0 Å². The summed E-state index contributed by atoms with van der Waals surface area (Å²) in [6, 6.07) is 0. The van der Waals surface area contributed by atoms with Gasteiger partial charge in [-0.3, -0.25) is 4.90 Å². The van der Waals surface area contributed by atoms with Gasteiger partial charge in [-0.2, -0.15) is 0 Å². The lowest BCUT2D eigenvalue weighted by atomic mass is 9.85. The van der Waals surface area contributed by atoms with Crippen LogP contribution in [0.1, 0.15) is 12.8 Å². The average Bonchev–Trinajstić information content (AvgIpc) is 2.31. The van der Waals surface area contributed by atoms with E-state index in [4.69, 9.17) is 18.0 Å². The number of thiocarbonyl (C=S) groups is 1. The molecule has 0 saturated carbocycles. The van der Waals surface area contributed by atoms with Crippen LogP contribution in [0.15, 0.2) is 0 Å². The molecule has 2 heterocycles. The highest BCUT2D eigenvalue weighted by molar-refractivity contribution is 7.80. The first kappa shape index (κ1) is 12.2. The van der Waals surface area contributed by atoms with E-state index in [-0.39, 0.29) is 5.54 Å². The van der Waals surface area contributed by atoms with Crippen molar-refractivity contribution in [2.75, 3.05) is 46.3 Å². The van der Waals surface area contributed by atoms with Crippen molar-refractivity contribution in [1.82, 2.24) is 15.1 Å². The summed E-state index contributed by atoms with van der Waals surface area (Å²) in [5.74, 6) is 0. The number of rotatable bonds is 2. The Labute approximate surface area is 103 Å². The van der Waals surface area contributed by atoms with Crippen LogP contribution in [0.3, 0.4) is 0 Å². The maximum atomic E-state index is 6.03. The topological polar surface area (TPSA) is 44.5 Å². The van der Waals surface area contributed by atoms with Gasteiger partial charge in [-0.05, 0) is 19.9 Å². The van der Waals surface area contributed by atoms with Crippen molar-refractivity contribution >= 4 is 17.2 Å². The van der Waals surface area contributed by atoms with Crippen LogP contribution in [0.4, 0.5) is 0 Å². The first-order valence-corrected chi connectivity index (χ1v) is 6.50. The molecule has 0 spiro atoms. The Hall–Kier alpha value is -0.230. The maximum Gasteiger partial charge on any atom is 0.0935 e. The van der Waals surface area contributed by atoms with Crippen molar-refractivity contribution < 1.29 is 0 Å². The van der Waals surface area contributed by atoms with Crippen LogP contribution in [0, 0.1) is 0 Å². The van der Waals surface area contributed by atoms with Gasteiger partial charge >= 0.3 is 0 Å². The Balaban J connectivity index is 2.11. The molecule has 0 bridgehead atoms. The van der Waals surface area contributed by atoms with Gasteiger partial charge in [-0.15, -0.1) is 0 Å². The summed E-state index contributed by atoms with van der Waals surface area (Å²) in [6.45, 7) is 6.45. The van der Waals surface area contributed by atoms with E-state index in [9.17, 15) is 0 Å². The Bertz CT molecular complexity index is 255. The average molecular weight is 242 g/mol. The predicted molar refractivity (Wildman–Crippen MR) is 70.7 cm³/mol. The normalized spacial score (nSPS) is 27.8. The minimum absolute atomic E-state index is 0.00998. The van der Waals surface area contributed by atoms with Gasteiger partial charge in [0.15, 0.2) is 0 Å². The summed E-state index contributed by atoms with van der Waals surface area (Å²) in [5.41, 5.74) is 6.02. The van der Waals surface area contributed by atoms with Gasteiger partial charge in [0, 0.05) is 39.3 Å². The van der Waals surface area contributed by atoms with Crippen LogP contribution < -0.4 is 11.1 Å². The number of piperazine rings is 1. The second-order valence-corrected chi connectivity index (χ2v) is 5.38. The molecule has 0 aromatic rings. The molecular formula is C11H22N4S. The molecule has 5 heteroatoms. The first-order chi connectivity index (χ1) is 7.65. The van der Waals surface area contributed by atoms with E-state index in [0.717, 1.165) is 52.1 Å². The second kappa shape index (κ2) is 4.96. The van der Waals surface area contributed by atoms with E-state index < -0.39 is 0 Å². The van der Waals surface area contributed by atoms with E-state index in [1.807, 2.05) is 0 Å². The van der Waals surface area contributed by atoms with E-state index in [1.54, 1.807) is 0 Å². The number of likely N-dealkylation sites (tertiary alicyclic amines) is 1. The molecule has 2 aliphatic rings. The quantitative estimate of drug-likeness (QED) is 0.648. The number of piperidine rings is 1. The lowest BCUT2D eigenvalue weighted by Gasteiger charge is -2.49. The SMILES string of the molecule is CN1CCC(C(N)=S)(N2CCNCC2)CC1. The van der Waals surface area contributed by atoms with Crippen molar-refractivity contribution in [1.29, 1.82) is 0 Å². The largest absolute Gasteiger partial charge is 0.392 e. The minimum Gasteiger partial charge on any atom is -0.392 e. The molecule has 16 heavy (non-hydrogen) atoms. The van der Waals surface area contributed by atoms with Crippen molar-refractivity contribution in [2.45, 2.75) is 18.4 Å². The van der Waals surface area contributed by atoms with E-state index in [2.05, 4.69) is 22.2 Å². The van der Waals surface area contributed by atoms with Crippen LogP contribution in [-0.4, -0.2) is 66.6 Å². The smallest absolute Gasteiger partial charge is 0.0935 e. The van der Waals surface area contributed by atoms with Crippen LogP contribution in [0.5, 0.6) is 0 Å². The third-order valence-corrected chi connectivity index (χ3v) is 4.38. The van der Waals surface area contributed by atoms with Crippen molar-refractivity contribution in [3.63, 3.8) is 0 Å².